The van der Waals surface area contributed by atoms with Crippen LogP contribution in [0.15, 0.2) is 53.9 Å². The molecule has 0 saturated carbocycles. The maximum absolute atomic E-state index is 12.2. The molecule has 4 rings (SSSR count). The van der Waals surface area contributed by atoms with Crippen LogP contribution in [0.2, 0.25) is 5.02 Å². The molecule has 0 radical (unpaired) electrons. The van der Waals surface area contributed by atoms with Crippen molar-refractivity contribution in [2.45, 2.75) is 6.92 Å². The van der Waals surface area contributed by atoms with E-state index in [9.17, 15) is 9.59 Å². The number of hydrogen-bond acceptors (Lipinski definition) is 7. The van der Waals surface area contributed by atoms with Crippen molar-refractivity contribution in [3.8, 4) is 11.6 Å². The quantitative estimate of drug-likeness (QED) is 0.375. The van der Waals surface area contributed by atoms with E-state index in [1.165, 1.54) is 23.2 Å². The number of aromatic nitrogens is 2. The number of rotatable bonds is 6. The van der Waals surface area contributed by atoms with Gasteiger partial charge in [0.05, 0.1) is 16.1 Å². The molecule has 2 amide bonds. The molecule has 0 aliphatic rings. The third-order valence-corrected chi connectivity index (χ3v) is 5.71. The maximum Gasteiger partial charge on any atom is 0.254 e. The van der Waals surface area contributed by atoms with Gasteiger partial charge in [-0.3, -0.25) is 9.59 Å². The summed E-state index contributed by atoms with van der Waals surface area (Å²) >= 11 is 7.78. The molecule has 0 aliphatic heterocycles. The molecule has 0 unspecified atom stereocenters. The molecule has 10 heteroatoms. The van der Waals surface area contributed by atoms with Crippen molar-refractivity contribution in [1.82, 2.24) is 14.9 Å². The van der Waals surface area contributed by atoms with Gasteiger partial charge in [-0.05, 0) is 41.8 Å². The minimum atomic E-state index is -0.181. The number of carbonyl (C=O) groups is 2. The number of thiophene rings is 1. The van der Waals surface area contributed by atoms with Gasteiger partial charge in [0.1, 0.15) is 10.4 Å². The fourth-order valence-electron chi connectivity index (χ4n) is 3.05. The Morgan fingerprint density at radius 2 is 1.88 bits per heavy atom. The van der Waals surface area contributed by atoms with E-state index in [2.05, 4.69) is 20.6 Å². The molecule has 2 aromatic carbocycles. The van der Waals surface area contributed by atoms with Crippen LogP contribution in [0.5, 0.6) is 11.6 Å². The summed E-state index contributed by atoms with van der Waals surface area (Å²) in [5, 5.41) is 8.08. The molecule has 0 fully saturated rings. The highest BCUT2D eigenvalue weighted by molar-refractivity contribution is 7.17. The van der Waals surface area contributed by atoms with Gasteiger partial charge in [-0.15, -0.1) is 11.3 Å². The van der Waals surface area contributed by atoms with Crippen molar-refractivity contribution in [1.29, 1.82) is 0 Å². The highest BCUT2D eigenvalue weighted by atomic mass is 35.5. The summed E-state index contributed by atoms with van der Waals surface area (Å²) in [6.45, 7) is 1.44. The molecule has 0 atom stereocenters. The van der Waals surface area contributed by atoms with Crippen LogP contribution < -0.4 is 15.4 Å². The number of nitrogens with one attached hydrogen (secondary N) is 2. The van der Waals surface area contributed by atoms with Crippen molar-refractivity contribution in [3.63, 3.8) is 0 Å². The Bertz CT molecular complexity index is 1360. The smallest absolute Gasteiger partial charge is 0.254 e. The van der Waals surface area contributed by atoms with E-state index >= 15 is 0 Å². The zero-order valence-corrected chi connectivity index (χ0v) is 19.6. The summed E-state index contributed by atoms with van der Waals surface area (Å²) in [6.07, 6.45) is 0. The Kier molecular flexibility index (Phi) is 6.43. The first-order valence-electron chi connectivity index (χ1n) is 9.89. The summed E-state index contributed by atoms with van der Waals surface area (Å²) in [7, 11) is 3.34. The highest BCUT2D eigenvalue weighted by Gasteiger charge is 2.15. The highest BCUT2D eigenvalue weighted by Crippen LogP contribution is 2.34. The summed E-state index contributed by atoms with van der Waals surface area (Å²) in [6, 6.07) is 14.0. The van der Waals surface area contributed by atoms with Gasteiger partial charge in [0.15, 0.2) is 0 Å². The number of benzene rings is 2. The van der Waals surface area contributed by atoms with Crippen LogP contribution in [0.3, 0.4) is 0 Å². The van der Waals surface area contributed by atoms with Crippen LogP contribution in [-0.4, -0.2) is 40.8 Å². The lowest BCUT2D eigenvalue weighted by Crippen LogP contribution is -2.21. The van der Waals surface area contributed by atoms with Gasteiger partial charge in [-0.2, -0.15) is 4.98 Å². The van der Waals surface area contributed by atoms with Gasteiger partial charge in [-0.25, -0.2) is 4.98 Å². The molecule has 2 heterocycles. The van der Waals surface area contributed by atoms with Crippen LogP contribution in [0.25, 0.3) is 10.2 Å². The lowest BCUT2D eigenvalue weighted by molar-refractivity contribution is -0.114. The standard InChI is InChI=1S/C23H20ClN5O3S/c1-13(30)25-14-5-4-6-16(11-14)32-21-20-19(9-10-33-20)27-23(28-21)26-15-7-8-17(18(24)12-15)22(31)29(2)3/h4-12H,1-3H3,(H,25,30)(H,26,27,28). The molecule has 8 nitrogen and oxygen atoms in total. The predicted molar refractivity (Wildman–Crippen MR) is 131 cm³/mol. The lowest BCUT2D eigenvalue weighted by Gasteiger charge is -2.13. The van der Waals surface area contributed by atoms with Gasteiger partial charge in [0.2, 0.25) is 17.7 Å². The normalized spacial score (nSPS) is 10.7. The zero-order valence-electron chi connectivity index (χ0n) is 18.0. The number of amides is 2. The molecular formula is C23H20ClN5O3S. The van der Waals surface area contributed by atoms with Crippen LogP contribution >= 0.6 is 22.9 Å². The summed E-state index contributed by atoms with van der Waals surface area (Å²) < 4.78 is 6.83. The van der Waals surface area contributed by atoms with Gasteiger partial charge in [0.25, 0.3) is 5.91 Å². The second-order valence-electron chi connectivity index (χ2n) is 7.32. The second-order valence-corrected chi connectivity index (χ2v) is 8.64. The average molecular weight is 482 g/mol. The van der Waals surface area contributed by atoms with Gasteiger partial charge in [0, 0.05) is 38.5 Å². The average Bonchev–Trinajstić information content (AvgIpc) is 3.22. The third kappa shape index (κ3) is 5.21. The van der Waals surface area contributed by atoms with E-state index in [4.69, 9.17) is 16.3 Å². The Balaban J connectivity index is 1.63. The second kappa shape index (κ2) is 9.43. The van der Waals surface area contributed by atoms with Crippen LogP contribution in [0, 0.1) is 0 Å². The minimum absolute atomic E-state index is 0.168. The topological polar surface area (TPSA) is 96.4 Å². The van der Waals surface area contributed by atoms with E-state index in [1.807, 2.05) is 11.4 Å². The first-order chi connectivity index (χ1) is 15.8. The lowest BCUT2D eigenvalue weighted by atomic mass is 10.2. The Morgan fingerprint density at radius 3 is 2.61 bits per heavy atom. The maximum atomic E-state index is 12.2. The first-order valence-corrected chi connectivity index (χ1v) is 11.1. The molecule has 4 aromatic rings. The van der Waals surface area contributed by atoms with Crippen molar-refractivity contribution in [2.75, 3.05) is 24.7 Å². The Morgan fingerprint density at radius 1 is 1.06 bits per heavy atom. The van der Waals surface area contributed by atoms with Crippen molar-refractivity contribution < 1.29 is 14.3 Å². The number of nitrogens with zero attached hydrogens (tertiary/aromatic N) is 3. The number of carbonyl (C=O) groups excluding carboxylic acids is 2. The number of ether oxygens (including phenoxy) is 1. The number of fused-ring (bicyclic) bond motifs is 1. The fraction of sp³-hybridized carbons (Fsp3) is 0.130. The van der Waals surface area contributed by atoms with Gasteiger partial charge >= 0.3 is 0 Å². The largest absolute Gasteiger partial charge is 0.437 e. The number of halogens is 1. The van der Waals surface area contributed by atoms with E-state index in [-0.39, 0.29) is 11.8 Å². The predicted octanol–water partition coefficient (Wildman–Crippen LogP) is 5.54. The van der Waals surface area contributed by atoms with E-state index in [0.717, 1.165) is 10.2 Å². The summed E-state index contributed by atoms with van der Waals surface area (Å²) in [5.74, 6) is 0.868. The molecule has 2 N–H and O–H groups in total. The van der Waals surface area contributed by atoms with Crippen molar-refractivity contribution in [2.24, 2.45) is 0 Å². The first kappa shape index (κ1) is 22.5. The van der Waals surface area contributed by atoms with E-state index < -0.39 is 0 Å². The SMILES string of the molecule is CC(=O)Nc1cccc(Oc2nc(Nc3ccc(C(=O)N(C)C)c(Cl)c3)nc3ccsc23)c1. The van der Waals surface area contributed by atoms with E-state index in [1.54, 1.807) is 56.6 Å². The minimum Gasteiger partial charge on any atom is -0.437 e. The molecule has 2 aromatic heterocycles. The summed E-state index contributed by atoms with van der Waals surface area (Å²) in [5.41, 5.74) is 2.38. The van der Waals surface area contributed by atoms with Crippen LogP contribution in [0.4, 0.5) is 17.3 Å². The molecule has 0 saturated heterocycles. The van der Waals surface area contributed by atoms with Crippen molar-refractivity contribution >= 4 is 62.3 Å². The van der Waals surface area contributed by atoms with Crippen LogP contribution in [0.1, 0.15) is 17.3 Å². The zero-order chi connectivity index (χ0) is 23.5. The number of hydrogen-bond donors (Lipinski definition) is 2. The van der Waals surface area contributed by atoms with Gasteiger partial charge in [-0.1, -0.05) is 17.7 Å². The molecule has 168 valence electrons. The fourth-order valence-corrected chi connectivity index (χ4v) is 4.07. The third-order valence-electron chi connectivity index (χ3n) is 4.50. The van der Waals surface area contributed by atoms with Crippen molar-refractivity contribution in [3.05, 3.63) is 64.5 Å². The van der Waals surface area contributed by atoms with Gasteiger partial charge < -0.3 is 20.3 Å². The molecule has 0 aliphatic carbocycles. The molecular weight excluding hydrogens is 462 g/mol. The number of anilines is 3. The Labute approximate surface area is 199 Å². The monoisotopic (exact) mass is 481 g/mol. The molecule has 0 spiro atoms. The van der Waals surface area contributed by atoms with Crippen LogP contribution in [-0.2, 0) is 4.79 Å². The molecule has 0 bridgehead atoms. The Hall–Kier alpha value is -3.69. The van der Waals surface area contributed by atoms with E-state index in [0.29, 0.717) is 39.5 Å². The molecule has 33 heavy (non-hydrogen) atoms. The summed E-state index contributed by atoms with van der Waals surface area (Å²) in [4.78, 5) is 34.1.